The Kier molecular flexibility index (Phi) is 5.93. The Morgan fingerprint density at radius 2 is 1.79 bits per heavy atom. The van der Waals surface area contributed by atoms with Crippen LogP contribution < -0.4 is 9.64 Å². The molecule has 1 heterocycles. The Hall–Kier alpha value is -3.35. The number of ether oxygens (including phenoxy) is 1. The summed E-state index contributed by atoms with van der Waals surface area (Å²) in [7, 11) is 0. The van der Waals surface area contributed by atoms with E-state index in [1.807, 2.05) is 30.3 Å². The number of carboxylic acid groups (broad SMARTS) is 1. The molecule has 0 bridgehead atoms. The van der Waals surface area contributed by atoms with Crippen molar-refractivity contribution in [2.75, 3.05) is 24.5 Å². The molecule has 0 saturated carbocycles. The van der Waals surface area contributed by atoms with Gasteiger partial charge in [-0.2, -0.15) is 0 Å². The normalized spacial score (nSPS) is 15.5. The lowest BCUT2D eigenvalue weighted by Gasteiger charge is -2.33. The molecule has 0 aromatic heterocycles. The Bertz CT molecular complexity index is 868. The number of aliphatic carboxylic acids is 1. The fraction of sp³-hybridized carbons (Fsp3) is 0.286. The lowest BCUT2D eigenvalue weighted by atomic mass is 10.1. The number of benzene rings is 2. The van der Waals surface area contributed by atoms with Gasteiger partial charge in [0.25, 0.3) is 5.91 Å². The largest absolute Gasteiger partial charge is 0.480 e. The monoisotopic (exact) mass is 382 g/mol. The molecule has 1 atom stereocenters. The molecule has 1 aliphatic rings. The van der Waals surface area contributed by atoms with Gasteiger partial charge in [-0.3, -0.25) is 19.3 Å². The van der Waals surface area contributed by atoms with Crippen molar-refractivity contribution in [2.24, 2.45) is 0 Å². The first-order valence-corrected chi connectivity index (χ1v) is 9.06. The van der Waals surface area contributed by atoms with Crippen LogP contribution in [0.1, 0.15) is 12.5 Å². The van der Waals surface area contributed by atoms with Crippen molar-refractivity contribution in [3.05, 3.63) is 60.2 Å². The van der Waals surface area contributed by atoms with Gasteiger partial charge in [0.05, 0.1) is 5.69 Å². The highest BCUT2D eigenvalue weighted by molar-refractivity contribution is 6.03. The van der Waals surface area contributed by atoms with Crippen LogP contribution >= 0.6 is 0 Å². The molecule has 7 heteroatoms. The highest BCUT2D eigenvalue weighted by atomic mass is 16.5. The maximum absolute atomic E-state index is 12.9. The predicted molar refractivity (Wildman–Crippen MR) is 103 cm³/mol. The van der Waals surface area contributed by atoms with Gasteiger partial charge in [0.2, 0.25) is 5.91 Å². The van der Waals surface area contributed by atoms with Crippen LogP contribution in [-0.2, 0) is 20.8 Å². The van der Waals surface area contributed by atoms with E-state index in [9.17, 15) is 19.5 Å². The zero-order valence-electron chi connectivity index (χ0n) is 15.6. The van der Waals surface area contributed by atoms with Crippen molar-refractivity contribution in [3.8, 4) is 5.75 Å². The summed E-state index contributed by atoms with van der Waals surface area (Å²) in [5, 5.41) is 9.19. The van der Waals surface area contributed by atoms with Crippen LogP contribution in [0.5, 0.6) is 5.75 Å². The Balaban J connectivity index is 1.75. The molecule has 1 N–H and O–H groups in total. The number of carbonyl (C=O) groups excluding carboxylic acids is 2. The van der Waals surface area contributed by atoms with Gasteiger partial charge in [0.15, 0.2) is 6.10 Å². The second kappa shape index (κ2) is 8.56. The maximum atomic E-state index is 12.9. The number of nitrogens with zero attached hydrogens (tertiary/aromatic N) is 2. The topological polar surface area (TPSA) is 87.2 Å². The van der Waals surface area contributed by atoms with Crippen molar-refractivity contribution in [3.63, 3.8) is 0 Å². The molecule has 3 rings (SSSR count). The molecule has 0 spiro atoms. The molecule has 1 aliphatic heterocycles. The summed E-state index contributed by atoms with van der Waals surface area (Å²) >= 11 is 0. The average Bonchev–Trinajstić information content (AvgIpc) is 2.69. The average molecular weight is 382 g/mol. The van der Waals surface area contributed by atoms with E-state index in [1.54, 1.807) is 31.2 Å². The molecule has 0 radical (unpaired) electrons. The number of carboxylic acids is 1. The van der Waals surface area contributed by atoms with Crippen molar-refractivity contribution < 1.29 is 24.2 Å². The van der Waals surface area contributed by atoms with Crippen LogP contribution in [0.3, 0.4) is 0 Å². The molecule has 7 nitrogen and oxygen atoms in total. The molecule has 146 valence electrons. The summed E-state index contributed by atoms with van der Waals surface area (Å²) in [6.45, 7) is 1.23. The summed E-state index contributed by atoms with van der Waals surface area (Å²) < 4.78 is 5.58. The second-order valence-corrected chi connectivity index (χ2v) is 6.60. The van der Waals surface area contributed by atoms with E-state index >= 15 is 0 Å². The standard InChI is InChI=1S/C21H22N2O5/c1-15-21(27)23(17-9-5-6-10-18(17)28-15)13-19(24)22(14-20(25)26)12-11-16-7-3-2-4-8-16/h2-10,15H,11-14H2,1H3,(H,25,26). The fourth-order valence-electron chi connectivity index (χ4n) is 3.12. The third-order valence-electron chi connectivity index (χ3n) is 4.56. The third kappa shape index (κ3) is 4.49. The molecule has 0 saturated heterocycles. The summed E-state index contributed by atoms with van der Waals surface area (Å²) in [5.41, 5.74) is 1.52. The van der Waals surface area contributed by atoms with Crippen LogP contribution in [0.25, 0.3) is 0 Å². The van der Waals surface area contributed by atoms with Crippen LogP contribution in [0.15, 0.2) is 54.6 Å². The molecule has 2 amide bonds. The highest BCUT2D eigenvalue weighted by Gasteiger charge is 2.33. The van der Waals surface area contributed by atoms with Gasteiger partial charge in [-0.05, 0) is 31.0 Å². The van der Waals surface area contributed by atoms with Gasteiger partial charge < -0.3 is 14.7 Å². The van der Waals surface area contributed by atoms with Crippen molar-refractivity contribution >= 4 is 23.5 Å². The van der Waals surface area contributed by atoms with Crippen LogP contribution in [0.4, 0.5) is 5.69 Å². The SMILES string of the molecule is CC1Oc2ccccc2N(CC(=O)N(CCc2ccccc2)CC(=O)O)C1=O. The van der Waals surface area contributed by atoms with Gasteiger partial charge in [-0.25, -0.2) is 0 Å². The summed E-state index contributed by atoms with van der Waals surface area (Å²) in [6.07, 6.45) is -0.177. The number of fused-ring (bicyclic) bond motifs is 1. The summed E-state index contributed by atoms with van der Waals surface area (Å²) in [4.78, 5) is 39.3. The number of amides is 2. The minimum atomic E-state index is -1.09. The van der Waals surface area contributed by atoms with Gasteiger partial charge in [-0.15, -0.1) is 0 Å². The van der Waals surface area contributed by atoms with E-state index in [4.69, 9.17) is 4.74 Å². The van der Waals surface area contributed by atoms with E-state index in [1.165, 1.54) is 9.80 Å². The van der Waals surface area contributed by atoms with E-state index in [2.05, 4.69) is 0 Å². The smallest absolute Gasteiger partial charge is 0.323 e. The van der Waals surface area contributed by atoms with Crippen molar-refractivity contribution in [1.29, 1.82) is 0 Å². The number of hydrogen-bond donors (Lipinski definition) is 1. The minimum Gasteiger partial charge on any atom is -0.480 e. The summed E-state index contributed by atoms with van der Waals surface area (Å²) in [5.74, 6) is -1.32. The van der Waals surface area contributed by atoms with Crippen molar-refractivity contribution in [2.45, 2.75) is 19.4 Å². The summed E-state index contributed by atoms with van der Waals surface area (Å²) in [6, 6.07) is 16.5. The predicted octanol–water partition coefficient (Wildman–Crippen LogP) is 1.96. The van der Waals surface area contributed by atoms with Crippen LogP contribution in [-0.4, -0.2) is 53.5 Å². The number of anilines is 1. The number of hydrogen-bond acceptors (Lipinski definition) is 4. The fourth-order valence-corrected chi connectivity index (χ4v) is 3.12. The number of rotatable bonds is 7. The molecule has 1 unspecified atom stereocenters. The molecule has 28 heavy (non-hydrogen) atoms. The highest BCUT2D eigenvalue weighted by Crippen LogP contribution is 2.33. The lowest BCUT2D eigenvalue weighted by molar-refractivity contribution is -0.144. The van der Waals surface area contributed by atoms with Crippen LogP contribution in [0.2, 0.25) is 0 Å². The molecule has 2 aromatic rings. The molecule has 0 aliphatic carbocycles. The Labute approximate surface area is 163 Å². The van der Waals surface area contributed by atoms with Crippen molar-refractivity contribution in [1.82, 2.24) is 4.90 Å². The van der Waals surface area contributed by atoms with E-state index in [-0.39, 0.29) is 19.0 Å². The van der Waals surface area contributed by atoms with Gasteiger partial charge >= 0.3 is 5.97 Å². The Morgan fingerprint density at radius 3 is 2.50 bits per heavy atom. The number of para-hydroxylation sites is 2. The van der Waals surface area contributed by atoms with Gasteiger partial charge in [0, 0.05) is 6.54 Å². The van der Waals surface area contributed by atoms with Crippen LogP contribution in [0, 0.1) is 0 Å². The van der Waals surface area contributed by atoms with E-state index < -0.39 is 24.5 Å². The first-order chi connectivity index (χ1) is 13.5. The van der Waals surface area contributed by atoms with Gasteiger partial charge in [-0.1, -0.05) is 42.5 Å². The molecule has 0 fully saturated rings. The number of carbonyl (C=O) groups is 3. The Morgan fingerprint density at radius 1 is 1.11 bits per heavy atom. The maximum Gasteiger partial charge on any atom is 0.323 e. The first kappa shape index (κ1) is 19.4. The first-order valence-electron chi connectivity index (χ1n) is 9.06. The lowest BCUT2D eigenvalue weighted by Crippen LogP contribution is -2.50. The van der Waals surface area contributed by atoms with Gasteiger partial charge in [0.1, 0.15) is 18.8 Å². The minimum absolute atomic E-state index is 0.231. The molecule has 2 aromatic carbocycles. The third-order valence-corrected chi connectivity index (χ3v) is 4.56. The van der Waals surface area contributed by atoms with E-state index in [0.717, 1.165) is 5.56 Å². The zero-order chi connectivity index (χ0) is 20.1. The van der Waals surface area contributed by atoms with E-state index in [0.29, 0.717) is 17.9 Å². The molecular weight excluding hydrogens is 360 g/mol. The second-order valence-electron chi connectivity index (χ2n) is 6.60. The molecular formula is C21H22N2O5. The quantitative estimate of drug-likeness (QED) is 0.791. The zero-order valence-corrected chi connectivity index (χ0v) is 15.6.